The number of hydrogen-bond acceptors (Lipinski definition) is 3. The predicted octanol–water partition coefficient (Wildman–Crippen LogP) is 4.61. The van der Waals surface area contributed by atoms with Gasteiger partial charge >= 0.3 is 0 Å². The second kappa shape index (κ2) is 5.78. The van der Waals surface area contributed by atoms with Crippen LogP contribution in [0, 0.1) is 6.92 Å². The molecule has 106 valence electrons. The quantitative estimate of drug-likeness (QED) is 0.663. The van der Waals surface area contributed by atoms with Gasteiger partial charge in [0.1, 0.15) is 11.0 Å². The van der Waals surface area contributed by atoms with Gasteiger partial charge in [0.2, 0.25) is 0 Å². The number of pyridine rings is 1. The molecule has 3 nitrogen and oxygen atoms in total. The average molecular weight is 298 g/mol. The minimum absolute atomic E-state index is 0.537. The number of nitrogens with zero attached hydrogens (tertiary/aromatic N) is 3. The van der Waals surface area contributed by atoms with Crippen LogP contribution in [0.4, 0.5) is 0 Å². The van der Waals surface area contributed by atoms with Gasteiger partial charge < -0.3 is 0 Å². The van der Waals surface area contributed by atoms with Gasteiger partial charge in [0.15, 0.2) is 0 Å². The van der Waals surface area contributed by atoms with E-state index in [1.807, 2.05) is 25.1 Å². The molecule has 1 aromatic carbocycles. The van der Waals surface area contributed by atoms with Gasteiger partial charge in [-0.2, -0.15) is 0 Å². The fourth-order valence-corrected chi connectivity index (χ4v) is 2.56. The van der Waals surface area contributed by atoms with Gasteiger partial charge in [-0.1, -0.05) is 30.7 Å². The molecule has 0 unspecified atom stereocenters. The Labute approximate surface area is 129 Å². The lowest BCUT2D eigenvalue weighted by atomic mass is 10.0. The third kappa shape index (κ3) is 2.74. The number of rotatable bonds is 3. The zero-order valence-corrected chi connectivity index (χ0v) is 12.9. The van der Waals surface area contributed by atoms with Gasteiger partial charge in [0.05, 0.1) is 11.2 Å². The van der Waals surface area contributed by atoms with E-state index in [9.17, 15) is 0 Å². The van der Waals surface area contributed by atoms with Crippen LogP contribution in [0.25, 0.3) is 22.2 Å². The summed E-state index contributed by atoms with van der Waals surface area (Å²) in [6.45, 7) is 4.07. The first-order valence-electron chi connectivity index (χ1n) is 7.07. The minimum atomic E-state index is 0.537. The average Bonchev–Trinajstić information content (AvgIpc) is 2.50. The molecule has 0 aliphatic rings. The monoisotopic (exact) mass is 297 g/mol. The molecule has 0 radical (unpaired) electrons. The van der Waals surface area contributed by atoms with Crippen molar-refractivity contribution in [2.24, 2.45) is 0 Å². The van der Waals surface area contributed by atoms with Gasteiger partial charge in [0.25, 0.3) is 0 Å². The molecule has 0 bridgehead atoms. The highest BCUT2D eigenvalue weighted by Gasteiger charge is 2.11. The number of halogens is 1. The second-order valence-electron chi connectivity index (χ2n) is 5.07. The molecule has 0 aliphatic carbocycles. The fourth-order valence-electron chi connectivity index (χ4n) is 2.37. The summed E-state index contributed by atoms with van der Waals surface area (Å²) in [5.74, 6) is 0.800. The smallest absolute Gasteiger partial charge is 0.136 e. The molecule has 2 aromatic heterocycles. The molecule has 21 heavy (non-hydrogen) atoms. The summed E-state index contributed by atoms with van der Waals surface area (Å²) in [5.41, 5.74) is 3.85. The van der Waals surface area contributed by atoms with E-state index in [0.29, 0.717) is 5.15 Å². The molecule has 0 saturated carbocycles. The number of aromatic nitrogens is 3. The van der Waals surface area contributed by atoms with Crippen molar-refractivity contribution >= 4 is 22.5 Å². The van der Waals surface area contributed by atoms with E-state index in [1.54, 1.807) is 6.20 Å². The SMILES string of the molecule is CCCc1nc(Cl)c(C)c(-c2ccc3ncccc3c2)n1. The molecule has 0 atom stereocenters. The normalized spacial score (nSPS) is 11.0. The van der Waals surface area contributed by atoms with Crippen LogP contribution in [0.5, 0.6) is 0 Å². The molecular formula is C17H16ClN3. The summed E-state index contributed by atoms with van der Waals surface area (Å²) in [5, 5.41) is 1.64. The van der Waals surface area contributed by atoms with Crippen molar-refractivity contribution in [2.45, 2.75) is 26.7 Å². The molecule has 0 fully saturated rings. The molecule has 3 aromatic rings. The molecule has 4 heteroatoms. The Hall–Kier alpha value is -2.00. The fraction of sp³-hybridized carbons (Fsp3) is 0.235. The Morgan fingerprint density at radius 3 is 2.81 bits per heavy atom. The van der Waals surface area contributed by atoms with Crippen LogP contribution in [0.3, 0.4) is 0 Å². The van der Waals surface area contributed by atoms with Crippen LogP contribution in [0.1, 0.15) is 24.7 Å². The molecule has 0 spiro atoms. The summed E-state index contributed by atoms with van der Waals surface area (Å²) in [4.78, 5) is 13.4. The second-order valence-corrected chi connectivity index (χ2v) is 5.42. The van der Waals surface area contributed by atoms with E-state index in [-0.39, 0.29) is 0 Å². The van der Waals surface area contributed by atoms with Crippen molar-refractivity contribution in [1.29, 1.82) is 0 Å². The van der Waals surface area contributed by atoms with Crippen molar-refractivity contribution in [3.63, 3.8) is 0 Å². The first-order chi connectivity index (χ1) is 10.2. The van der Waals surface area contributed by atoms with Crippen LogP contribution in [-0.2, 0) is 6.42 Å². The molecule has 2 heterocycles. The molecule has 0 aliphatic heterocycles. The number of fused-ring (bicyclic) bond motifs is 1. The highest BCUT2D eigenvalue weighted by Crippen LogP contribution is 2.28. The van der Waals surface area contributed by atoms with E-state index in [0.717, 1.165) is 46.4 Å². The topological polar surface area (TPSA) is 38.7 Å². The third-order valence-electron chi connectivity index (χ3n) is 3.48. The number of benzene rings is 1. The van der Waals surface area contributed by atoms with E-state index in [2.05, 4.69) is 34.0 Å². The van der Waals surface area contributed by atoms with Crippen LogP contribution < -0.4 is 0 Å². The molecule has 3 rings (SSSR count). The van der Waals surface area contributed by atoms with Crippen LogP contribution in [0.15, 0.2) is 36.5 Å². The van der Waals surface area contributed by atoms with Crippen molar-refractivity contribution < 1.29 is 0 Å². The Morgan fingerprint density at radius 1 is 1.14 bits per heavy atom. The van der Waals surface area contributed by atoms with E-state index < -0.39 is 0 Å². The predicted molar refractivity (Wildman–Crippen MR) is 86.5 cm³/mol. The third-order valence-corrected chi connectivity index (χ3v) is 3.85. The van der Waals surface area contributed by atoms with Crippen LogP contribution in [0.2, 0.25) is 5.15 Å². The highest BCUT2D eigenvalue weighted by atomic mass is 35.5. The van der Waals surface area contributed by atoms with Crippen molar-refractivity contribution in [3.8, 4) is 11.3 Å². The van der Waals surface area contributed by atoms with Gasteiger partial charge in [-0.15, -0.1) is 0 Å². The molecule has 0 saturated heterocycles. The number of aryl methyl sites for hydroxylation is 1. The first-order valence-corrected chi connectivity index (χ1v) is 7.45. The van der Waals surface area contributed by atoms with Gasteiger partial charge in [0, 0.05) is 29.1 Å². The molecule has 0 N–H and O–H groups in total. The zero-order valence-electron chi connectivity index (χ0n) is 12.1. The maximum Gasteiger partial charge on any atom is 0.136 e. The Kier molecular flexibility index (Phi) is 3.84. The largest absolute Gasteiger partial charge is 0.256 e. The van der Waals surface area contributed by atoms with E-state index in [1.165, 1.54) is 0 Å². The minimum Gasteiger partial charge on any atom is -0.256 e. The van der Waals surface area contributed by atoms with E-state index in [4.69, 9.17) is 11.6 Å². The Balaban J connectivity index is 2.16. The Bertz CT molecular complexity index is 799. The lowest BCUT2D eigenvalue weighted by Crippen LogP contribution is -2.00. The van der Waals surface area contributed by atoms with Crippen LogP contribution in [-0.4, -0.2) is 15.0 Å². The molecule has 0 amide bonds. The van der Waals surface area contributed by atoms with Gasteiger partial charge in [-0.3, -0.25) is 4.98 Å². The maximum absolute atomic E-state index is 6.26. The van der Waals surface area contributed by atoms with Crippen molar-refractivity contribution in [2.75, 3.05) is 0 Å². The standard InChI is InChI=1S/C17H16ClN3/c1-3-5-15-20-16(11(2)17(18)21-15)13-7-8-14-12(10-13)6-4-9-19-14/h4,6-10H,3,5H2,1-2H3. The summed E-state index contributed by atoms with van der Waals surface area (Å²) in [7, 11) is 0. The molecular weight excluding hydrogens is 282 g/mol. The van der Waals surface area contributed by atoms with Crippen LogP contribution >= 0.6 is 11.6 Å². The zero-order chi connectivity index (χ0) is 14.8. The van der Waals surface area contributed by atoms with Crippen molar-refractivity contribution in [1.82, 2.24) is 15.0 Å². The van der Waals surface area contributed by atoms with E-state index >= 15 is 0 Å². The van der Waals surface area contributed by atoms with Crippen molar-refractivity contribution in [3.05, 3.63) is 53.1 Å². The summed E-state index contributed by atoms with van der Waals surface area (Å²) < 4.78 is 0. The highest BCUT2D eigenvalue weighted by molar-refractivity contribution is 6.30. The summed E-state index contributed by atoms with van der Waals surface area (Å²) in [6, 6.07) is 10.1. The summed E-state index contributed by atoms with van der Waals surface area (Å²) in [6.07, 6.45) is 3.64. The first kappa shape index (κ1) is 14.0. The maximum atomic E-state index is 6.26. The summed E-state index contributed by atoms with van der Waals surface area (Å²) >= 11 is 6.26. The van der Waals surface area contributed by atoms with Gasteiger partial charge in [-0.05, 0) is 31.5 Å². The Morgan fingerprint density at radius 2 is 2.00 bits per heavy atom. The lowest BCUT2D eigenvalue weighted by Gasteiger charge is -2.10. The lowest BCUT2D eigenvalue weighted by molar-refractivity contribution is 0.833. The van der Waals surface area contributed by atoms with Gasteiger partial charge in [-0.25, -0.2) is 9.97 Å². The number of hydrogen-bond donors (Lipinski definition) is 0.